The van der Waals surface area contributed by atoms with Gasteiger partial charge in [0.25, 0.3) is 11.8 Å². The summed E-state index contributed by atoms with van der Waals surface area (Å²) in [5.41, 5.74) is -0.127. The van der Waals surface area contributed by atoms with E-state index in [4.69, 9.17) is 30.8 Å². The van der Waals surface area contributed by atoms with Gasteiger partial charge in [-0.25, -0.2) is 4.72 Å². The molecule has 1 aliphatic carbocycles. The average Bonchev–Trinajstić information content (AvgIpc) is 3.26. The van der Waals surface area contributed by atoms with Crippen molar-refractivity contribution in [1.82, 2.24) is 18.5 Å². The third-order valence-electron chi connectivity index (χ3n) is 7.51. The molecule has 0 spiro atoms. The zero-order chi connectivity index (χ0) is 46.8. The first-order chi connectivity index (χ1) is 27.9. The van der Waals surface area contributed by atoms with Crippen molar-refractivity contribution >= 4 is 39.0 Å². The van der Waals surface area contributed by atoms with E-state index in [0.29, 0.717) is 10.9 Å². The lowest BCUT2D eigenvalue weighted by Crippen LogP contribution is -2.42. The van der Waals surface area contributed by atoms with Crippen LogP contribution in [0.3, 0.4) is 0 Å². The highest BCUT2D eigenvalue weighted by Gasteiger charge is 2.31. The van der Waals surface area contributed by atoms with E-state index in [1.165, 1.54) is 33.6 Å². The van der Waals surface area contributed by atoms with Crippen molar-refractivity contribution in [3.8, 4) is 17.0 Å². The number of hydrogen-bond donors (Lipinski definition) is 1. The lowest BCUT2D eigenvalue weighted by Gasteiger charge is -2.24. The molecule has 3 aliphatic rings. The normalized spacial score (nSPS) is 33.7. The number of likely N-dealkylation sites (N-methyl/N-ethyl adjacent to an activating group) is 2. The second-order valence-electron chi connectivity index (χ2n) is 10.00. The van der Waals surface area contributed by atoms with Crippen molar-refractivity contribution in [2.45, 2.75) is 44.5 Å². The predicted octanol–water partition coefficient (Wildman–Crippen LogP) is 4.16. The highest BCUT2D eigenvalue weighted by Crippen LogP contribution is 2.47. The quantitative estimate of drug-likeness (QED) is 0.458. The van der Waals surface area contributed by atoms with Gasteiger partial charge in [-0.15, -0.1) is 0 Å². The monoisotopic (exact) mass is 625 g/mol. The van der Waals surface area contributed by atoms with E-state index < -0.39 is 108 Å². The molecule has 2 amide bonds. The van der Waals surface area contributed by atoms with E-state index in [-0.39, 0.29) is 53.8 Å². The van der Waals surface area contributed by atoms with E-state index in [9.17, 15) is 18.0 Å². The SMILES string of the molecule is [2H]C1([2H])CCC(c2c3n4c5cc(ccc25)C(=O)NS(=O)(=O)N(C([2H])([2H])[2H])C([2H])([2H])C([2H])([2H])OC([2H])([2H])C([2H])([2H])N(C([2H])([2H])[2H])C(=O)C(=Cc2cc(OC([2H])([2H])[2H])ccc2-3)C4)CC1. The highest BCUT2D eigenvalue weighted by molar-refractivity contribution is 7.87. The van der Waals surface area contributed by atoms with Gasteiger partial charge in [-0.2, -0.15) is 12.7 Å². The molecule has 11 heteroatoms. The molecule has 0 saturated heterocycles. The molecular formula is C32H38N4O6S. The molecule has 0 atom stereocenters. The van der Waals surface area contributed by atoms with Crippen LogP contribution < -0.4 is 9.46 Å². The number of aromatic nitrogens is 1. The molecule has 2 aliphatic heterocycles. The Hall–Kier alpha value is -3.67. The number of carbonyl (C=O) groups is 2. The fourth-order valence-corrected chi connectivity index (χ4v) is 6.20. The van der Waals surface area contributed by atoms with Crippen molar-refractivity contribution in [2.75, 3.05) is 47.1 Å². The molecule has 43 heavy (non-hydrogen) atoms. The molecular weight excluding hydrogens is 568 g/mol. The Morgan fingerprint density at radius 1 is 1.07 bits per heavy atom. The minimum absolute atomic E-state index is 0.0119. The Kier molecular flexibility index (Phi) is 3.95. The Balaban J connectivity index is 1.74. The molecule has 10 nitrogen and oxygen atoms in total. The van der Waals surface area contributed by atoms with Gasteiger partial charge in [-0.05, 0) is 66.3 Å². The zero-order valence-electron chi connectivity index (χ0n) is 41.4. The predicted molar refractivity (Wildman–Crippen MR) is 165 cm³/mol. The number of ether oxygens (including phenoxy) is 2. The molecule has 1 fully saturated rings. The Labute approximate surface area is 279 Å². The maximum absolute atomic E-state index is 14.8. The van der Waals surface area contributed by atoms with Gasteiger partial charge in [0.05, 0.1) is 44.7 Å². The van der Waals surface area contributed by atoms with Gasteiger partial charge in [0.2, 0.25) is 0 Å². The van der Waals surface area contributed by atoms with Crippen molar-refractivity contribution in [1.29, 1.82) is 0 Å². The van der Waals surface area contributed by atoms with E-state index in [1.54, 1.807) is 0 Å². The molecule has 6 rings (SSSR count). The summed E-state index contributed by atoms with van der Waals surface area (Å²) in [7, 11) is -9.04. The molecule has 2 aromatic carbocycles. The Morgan fingerprint density at radius 3 is 2.70 bits per heavy atom. The second-order valence-corrected chi connectivity index (χ2v) is 11.5. The number of hydrogen-bond acceptors (Lipinski definition) is 6. The molecule has 228 valence electrons. The molecule has 3 heterocycles. The highest BCUT2D eigenvalue weighted by atomic mass is 32.2. The van der Waals surface area contributed by atoms with Crippen molar-refractivity contribution in [2.24, 2.45) is 0 Å². The van der Waals surface area contributed by atoms with Gasteiger partial charge < -0.3 is 18.9 Å². The van der Waals surface area contributed by atoms with Gasteiger partial charge >= 0.3 is 10.2 Å². The molecule has 1 N–H and O–H groups in total. The van der Waals surface area contributed by atoms with E-state index in [2.05, 4.69) is 4.74 Å². The Morgan fingerprint density at radius 2 is 1.91 bits per heavy atom. The van der Waals surface area contributed by atoms with Gasteiger partial charge in [-0.3, -0.25) is 9.59 Å². The summed E-state index contributed by atoms with van der Waals surface area (Å²) in [6.45, 7) is -26.9. The lowest BCUT2D eigenvalue weighted by atomic mass is 9.81. The largest absolute Gasteiger partial charge is 0.497 e. The summed E-state index contributed by atoms with van der Waals surface area (Å²) < 4.78 is 195. The minimum Gasteiger partial charge on any atom is -0.497 e. The van der Waals surface area contributed by atoms with Gasteiger partial charge in [0.1, 0.15) is 5.75 Å². The smallest absolute Gasteiger partial charge is 0.303 e. The topological polar surface area (TPSA) is 110 Å². The van der Waals surface area contributed by atoms with Gasteiger partial charge in [0, 0.05) is 68.3 Å². The number of amides is 2. The first-order valence-electron chi connectivity index (χ1n) is 22.5. The fraction of sp³-hybridized carbons (Fsp3) is 0.438. The first-order valence-corrected chi connectivity index (χ1v) is 14.5. The summed E-state index contributed by atoms with van der Waals surface area (Å²) in [5, 5.41) is 0.341. The van der Waals surface area contributed by atoms with Gasteiger partial charge in [0.15, 0.2) is 0 Å². The molecule has 3 aromatic rings. The number of nitrogens with one attached hydrogen (secondary N) is 1. The minimum atomic E-state index is -6.05. The third kappa shape index (κ3) is 5.57. The lowest BCUT2D eigenvalue weighted by molar-refractivity contribution is -0.126. The Bertz CT molecular complexity index is 2470. The molecule has 4 bridgehead atoms. The van der Waals surface area contributed by atoms with Crippen LogP contribution in [0.4, 0.5) is 0 Å². The number of benzene rings is 2. The van der Waals surface area contributed by atoms with Crippen molar-refractivity contribution in [3.63, 3.8) is 0 Å². The number of carbonyl (C=O) groups excluding carboxylic acids is 2. The summed E-state index contributed by atoms with van der Waals surface area (Å²) in [6, 6.07) is 7.49. The van der Waals surface area contributed by atoms with Crippen LogP contribution in [-0.4, -0.2) is 81.1 Å². The van der Waals surface area contributed by atoms with Gasteiger partial charge in [-0.1, -0.05) is 25.3 Å². The third-order valence-corrected chi connectivity index (χ3v) is 8.53. The maximum Gasteiger partial charge on any atom is 0.303 e. The van der Waals surface area contributed by atoms with Crippen LogP contribution in [0, 0.1) is 0 Å². The van der Waals surface area contributed by atoms with E-state index >= 15 is 0 Å². The fourth-order valence-electron chi connectivity index (χ4n) is 5.60. The number of nitrogens with zero attached hydrogens (tertiary/aromatic N) is 3. The van der Waals surface area contributed by atoms with Crippen LogP contribution >= 0.6 is 0 Å². The first kappa shape index (κ1) is 14.4. The number of fused-ring (bicyclic) bond motifs is 4. The average molecular weight is 626 g/mol. The summed E-state index contributed by atoms with van der Waals surface area (Å²) in [6.07, 6.45) is 0.239. The standard InChI is InChI=1S/C32H38N4O6S/c1-34-13-15-42-16-14-35(2)43(39,40)33-31(37)22-9-11-27-28(19-22)36-20-24(32(34)38)17-23-18-25(41-3)10-12-26(23)30(36)29(27)21-7-5-4-6-8-21/h9-12,17-19,21H,4-8,13-16,20H2,1-3H3,(H,33,37)/i1D3,2D3,3D3,4D2,13D2,14D2,15D2,16D2. The van der Waals surface area contributed by atoms with Crippen LogP contribution in [0.5, 0.6) is 5.75 Å². The number of methoxy groups -OCH3 is 1. The van der Waals surface area contributed by atoms with Crippen LogP contribution in [0.2, 0.25) is 0 Å². The van der Waals surface area contributed by atoms with Crippen LogP contribution in [-0.2, 0) is 26.3 Å². The summed E-state index contributed by atoms with van der Waals surface area (Å²) >= 11 is 0. The molecule has 0 radical (unpaired) electrons. The van der Waals surface area contributed by atoms with Crippen LogP contribution in [0.1, 0.15) is 85.5 Å². The zero-order valence-corrected chi connectivity index (χ0v) is 23.2. The summed E-state index contributed by atoms with van der Waals surface area (Å²) in [4.78, 5) is 28.0. The number of rotatable bonds is 2. The van der Waals surface area contributed by atoms with Crippen LogP contribution in [0.15, 0.2) is 42.0 Å². The van der Waals surface area contributed by atoms with Crippen molar-refractivity contribution in [3.05, 3.63) is 58.7 Å². The van der Waals surface area contributed by atoms with Crippen molar-refractivity contribution < 1.29 is 53.5 Å². The molecule has 0 unspecified atom stereocenters. The van der Waals surface area contributed by atoms with E-state index in [1.807, 2.05) is 0 Å². The molecule has 1 saturated carbocycles. The second kappa shape index (κ2) is 11.8. The van der Waals surface area contributed by atoms with Crippen LogP contribution in [0.25, 0.3) is 28.2 Å². The molecule has 1 aromatic heterocycles. The van der Waals surface area contributed by atoms with E-state index in [0.717, 1.165) is 18.2 Å². The maximum atomic E-state index is 14.8. The summed E-state index contributed by atoms with van der Waals surface area (Å²) in [5.74, 6) is -4.08.